The lowest BCUT2D eigenvalue weighted by molar-refractivity contribution is 0.0104. The van der Waals surface area contributed by atoms with Gasteiger partial charge in [-0.25, -0.2) is 10.7 Å². The molecule has 0 saturated carbocycles. The molecule has 1 saturated heterocycles. The molecule has 1 heterocycles. The molecule has 0 aromatic rings. The maximum Gasteiger partial charge on any atom is 0.410 e. The summed E-state index contributed by atoms with van der Waals surface area (Å²) in [5.74, 6) is 5.53. The third-order valence-electron chi connectivity index (χ3n) is 2.54. The van der Waals surface area contributed by atoms with E-state index in [0.717, 1.165) is 6.42 Å². The van der Waals surface area contributed by atoms with Gasteiger partial charge in [-0.15, -0.1) is 0 Å². The van der Waals surface area contributed by atoms with E-state index < -0.39 is 5.60 Å². The number of hydrogen-bond acceptors (Lipinski definition) is 4. The highest BCUT2D eigenvalue weighted by Crippen LogP contribution is 2.24. The Balaban J connectivity index is 2.59. The van der Waals surface area contributed by atoms with Crippen LogP contribution < -0.4 is 5.90 Å². The van der Waals surface area contributed by atoms with Crippen LogP contribution in [0.2, 0.25) is 0 Å². The van der Waals surface area contributed by atoms with Gasteiger partial charge < -0.3 is 14.5 Å². The van der Waals surface area contributed by atoms with Crippen molar-refractivity contribution in [1.29, 1.82) is 0 Å². The number of carbonyl (C=O) groups excluding carboxylic acids is 1. The number of amides is 1. The molecule has 0 aromatic carbocycles. The molecular formula is C11H22N2O3. The van der Waals surface area contributed by atoms with Crippen molar-refractivity contribution in [3.8, 4) is 0 Å². The minimum Gasteiger partial charge on any atom is -0.444 e. The van der Waals surface area contributed by atoms with E-state index in [1.807, 2.05) is 20.8 Å². The third-order valence-corrected chi connectivity index (χ3v) is 2.54. The summed E-state index contributed by atoms with van der Waals surface area (Å²) in [6.07, 6.45) is 0.634. The predicted molar refractivity (Wildman–Crippen MR) is 60.6 cm³/mol. The van der Waals surface area contributed by atoms with Crippen LogP contribution in [-0.4, -0.2) is 35.8 Å². The number of nitrogens with zero attached hydrogens (tertiary/aromatic N) is 1. The van der Waals surface area contributed by atoms with Gasteiger partial charge in [0, 0.05) is 6.54 Å². The molecule has 5 nitrogen and oxygen atoms in total. The molecule has 1 fully saturated rings. The second-order valence-corrected chi connectivity index (χ2v) is 5.46. The SMILES string of the molecule is C[C@H]1C[C@@H](CON)N(C(=O)OC(C)(C)C)C1. The first-order chi connectivity index (χ1) is 7.33. The van der Waals surface area contributed by atoms with E-state index in [2.05, 4.69) is 11.8 Å². The van der Waals surface area contributed by atoms with E-state index in [1.54, 1.807) is 4.90 Å². The normalized spacial score (nSPS) is 25.9. The van der Waals surface area contributed by atoms with E-state index in [4.69, 9.17) is 10.6 Å². The maximum atomic E-state index is 11.9. The second kappa shape index (κ2) is 5.01. The summed E-state index contributed by atoms with van der Waals surface area (Å²) in [6, 6.07) is 0.0369. The molecule has 0 unspecified atom stereocenters. The Morgan fingerprint density at radius 3 is 2.62 bits per heavy atom. The van der Waals surface area contributed by atoms with Crippen LogP contribution in [0.5, 0.6) is 0 Å². The Morgan fingerprint density at radius 2 is 2.12 bits per heavy atom. The minimum absolute atomic E-state index is 0.0369. The smallest absolute Gasteiger partial charge is 0.410 e. The summed E-state index contributed by atoms with van der Waals surface area (Å²) in [7, 11) is 0. The molecule has 1 amide bonds. The van der Waals surface area contributed by atoms with Crippen LogP contribution in [0, 0.1) is 5.92 Å². The molecule has 2 atom stereocenters. The topological polar surface area (TPSA) is 64.8 Å². The summed E-state index contributed by atoms with van der Waals surface area (Å²) >= 11 is 0. The number of rotatable bonds is 2. The quantitative estimate of drug-likeness (QED) is 0.730. The van der Waals surface area contributed by atoms with Gasteiger partial charge in [0.1, 0.15) is 5.60 Å². The van der Waals surface area contributed by atoms with Crippen molar-refractivity contribution in [2.45, 2.75) is 45.8 Å². The molecule has 94 valence electrons. The summed E-state index contributed by atoms with van der Waals surface area (Å²) in [5.41, 5.74) is -0.461. The summed E-state index contributed by atoms with van der Waals surface area (Å²) < 4.78 is 5.34. The van der Waals surface area contributed by atoms with Crippen molar-refractivity contribution < 1.29 is 14.4 Å². The molecular weight excluding hydrogens is 208 g/mol. The van der Waals surface area contributed by atoms with Gasteiger partial charge in [-0.3, -0.25) is 0 Å². The highest BCUT2D eigenvalue weighted by atomic mass is 16.6. The number of carbonyl (C=O) groups is 1. The van der Waals surface area contributed by atoms with Crippen molar-refractivity contribution in [2.24, 2.45) is 11.8 Å². The van der Waals surface area contributed by atoms with Crippen molar-refractivity contribution in [3.05, 3.63) is 0 Å². The predicted octanol–water partition coefficient (Wildman–Crippen LogP) is 1.52. The maximum absolute atomic E-state index is 11.9. The third kappa shape index (κ3) is 3.64. The van der Waals surface area contributed by atoms with E-state index in [1.165, 1.54) is 0 Å². The zero-order chi connectivity index (χ0) is 12.3. The Hall–Kier alpha value is -0.810. The molecule has 5 heteroatoms. The van der Waals surface area contributed by atoms with Crippen LogP contribution in [0.3, 0.4) is 0 Å². The van der Waals surface area contributed by atoms with E-state index in [0.29, 0.717) is 19.1 Å². The molecule has 1 aliphatic rings. The van der Waals surface area contributed by atoms with Crippen LogP contribution in [-0.2, 0) is 9.57 Å². The summed E-state index contributed by atoms with van der Waals surface area (Å²) in [4.78, 5) is 18.2. The fraction of sp³-hybridized carbons (Fsp3) is 0.909. The van der Waals surface area contributed by atoms with Gasteiger partial charge in [-0.2, -0.15) is 0 Å². The number of likely N-dealkylation sites (tertiary alicyclic amines) is 1. The van der Waals surface area contributed by atoms with E-state index in [9.17, 15) is 4.79 Å². The van der Waals surface area contributed by atoms with Crippen molar-refractivity contribution >= 4 is 6.09 Å². The number of hydrogen-bond donors (Lipinski definition) is 1. The van der Waals surface area contributed by atoms with Crippen molar-refractivity contribution in [1.82, 2.24) is 4.90 Å². The highest BCUT2D eigenvalue weighted by molar-refractivity contribution is 5.69. The van der Waals surface area contributed by atoms with Gasteiger partial charge in [-0.1, -0.05) is 6.92 Å². The van der Waals surface area contributed by atoms with Gasteiger partial charge in [-0.05, 0) is 33.1 Å². The standard InChI is InChI=1S/C11H22N2O3/c1-8-5-9(7-15-12)13(6-8)10(14)16-11(2,3)4/h8-9H,5-7,12H2,1-4H3/t8-,9-/m0/s1. The van der Waals surface area contributed by atoms with Crippen molar-refractivity contribution in [2.75, 3.05) is 13.2 Å². The first kappa shape index (κ1) is 13.3. The average Bonchev–Trinajstić information content (AvgIpc) is 2.44. The Kier molecular flexibility index (Phi) is 4.15. The fourth-order valence-corrected chi connectivity index (χ4v) is 1.96. The monoisotopic (exact) mass is 230 g/mol. The Labute approximate surface area is 96.8 Å². The highest BCUT2D eigenvalue weighted by Gasteiger charge is 2.35. The van der Waals surface area contributed by atoms with Crippen LogP contribution >= 0.6 is 0 Å². The Morgan fingerprint density at radius 1 is 1.50 bits per heavy atom. The lowest BCUT2D eigenvalue weighted by atomic mass is 10.1. The largest absolute Gasteiger partial charge is 0.444 e. The molecule has 0 spiro atoms. The molecule has 0 bridgehead atoms. The van der Waals surface area contributed by atoms with E-state index >= 15 is 0 Å². The molecule has 0 aromatic heterocycles. The lowest BCUT2D eigenvalue weighted by Gasteiger charge is -2.28. The molecule has 1 rings (SSSR count). The van der Waals surface area contributed by atoms with Gasteiger partial charge in [0.15, 0.2) is 0 Å². The molecule has 16 heavy (non-hydrogen) atoms. The summed E-state index contributed by atoms with van der Waals surface area (Å²) in [5, 5.41) is 0. The zero-order valence-electron chi connectivity index (χ0n) is 10.5. The number of ether oxygens (including phenoxy) is 1. The zero-order valence-corrected chi connectivity index (χ0v) is 10.5. The Bertz CT molecular complexity index is 250. The molecule has 2 N–H and O–H groups in total. The summed E-state index contributed by atoms with van der Waals surface area (Å²) in [6.45, 7) is 8.76. The van der Waals surface area contributed by atoms with Crippen LogP contribution in [0.4, 0.5) is 4.79 Å². The molecule has 0 aliphatic carbocycles. The van der Waals surface area contributed by atoms with Gasteiger partial charge in [0.2, 0.25) is 0 Å². The van der Waals surface area contributed by atoms with Crippen LogP contribution in [0.1, 0.15) is 34.1 Å². The first-order valence-electron chi connectivity index (χ1n) is 5.65. The van der Waals surface area contributed by atoms with Crippen LogP contribution in [0.25, 0.3) is 0 Å². The fourth-order valence-electron chi connectivity index (χ4n) is 1.96. The lowest BCUT2D eigenvalue weighted by Crippen LogP contribution is -2.42. The number of nitrogens with two attached hydrogens (primary N) is 1. The minimum atomic E-state index is -0.461. The van der Waals surface area contributed by atoms with Crippen molar-refractivity contribution in [3.63, 3.8) is 0 Å². The average molecular weight is 230 g/mol. The second-order valence-electron chi connectivity index (χ2n) is 5.46. The van der Waals surface area contributed by atoms with Crippen LogP contribution in [0.15, 0.2) is 0 Å². The molecule has 0 radical (unpaired) electrons. The van der Waals surface area contributed by atoms with Gasteiger partial charge >= 0.3 is 6.09 Å². The van der Waals surface area contributed by atoms with E-state index in [-0.39, 0.29) is 12.1 Å². The van der Waals surface area contributed by atoms with Gasteiger partial charge in [0.05, 0.1) is 12.6 Å². The first-order valence-corrected chi connectivity index (χ1v) is 5.65. The molecule has 1 aliphatic heterocycles. The van der Waals surface area contributed by atoms with Gasteiger partial charge in [0.25, 0.3) is 0 Å².